The van der Waals surface area contributed by atoms with E-state index in [2.05, 4.69) is 11.3 Å². The van der Waals surface area contributed by atoms with Crippen LogP contribution in [0.25, 0.3) is 0 Å². The molecule has 0 fully saturated rings. The van der Waals surface area contributed by atoms with Crippen LogP contribution in [0.2, 0.25) is 0 Å². The highest BCUT2D eigenvalue weighted by molar-refractivity contribution is 5.89. The lowest BCUT2D eigenvalue weighted by Crippen LogP contribution is -2.40. The summed E-state index contributed by atoms with van der Waals surface area (Å²) < 4.78 is 4.18. The molecule has 0 rings (SSSR count). The maximum absolute atomic E-state index is 10.7. The van der Waals surface area contributed by atoms with Crippen LogP contribution >= 0.6 is 0 Å². The monoisotopic (exact) mass is 174 g/mol. The molecule has 1 atom stereocenters. The van der Waals surface area contributed by atoms with Gasteiger partial charge in [0.1, 0.15) is 0 Å². The second-order valence-corrected chi connectivity index (χ2v) is 2.46. The van der Waals surface area contributed by atoms with E-state index < -0.39 is 17.7 Å². The summed E-state index contributed by atoms with van der Waals surface area (Å²) in [4.78, 5) is 20.9. The Morgan fingerprint density at radius 2 is 1.92 bits per heavy atom. The van der Waals surface area contributed by atoms with Crippen LogP contribution in [0, 0.1) is 0 Å². The maximum Gasteiger partial charge on any atom is 0.376 e. The molecule has 0 aliphatic rings. The van der Waals surface area contributed by atoms with E-state index in [-0.39, 0.29) is 5.57 Å². The highest BCUT2D eigenvalue weighted by Crippen LogP contribution is 2.08. The van der Waals surface area contributed by atoms with Gasteiger partial charge in [-0.25, -0.2) is 9.59 Å². The lowest BCUT2D eigenvalue weighted by molar-refractivity contribution is -0.214. The summed E-state index contributed by atoms with van der Waals surface area (Å²) in [6.45, 7) is 5.42. The summed E-state index contributed by atoms with van der Waals surface area (Å²) in [5.41, 5.74) is 0.0246. The van der Waals surface area contributed by atoms with Gasteiger partial charge in [0.2, 0.25) is 0 Å². The topological polar surface area (TPSA) is 83.8 Å². The van der Waals surface area contributed by atoms with E-state index in [1.807, 2.05) is 0 Å². The second-order valence-electron chi connectivity index (χ2n) is 2.46. The Labute approximate surface area is 69.3 Å². The Morgan fingerprint density at radius 3 is 2.17 bits per heavy atom. The Hall–Kier alpha value is -1.36. The predicted molar refractivity (Wildman–Crippen MR) is 39.2 cm³/mol. The molecule has 0 saturated carbocycles. The summed E-state index contributed by atoms with van der Waals surface area (Å²) in [5.74, 6) is -5.06. The number of carbonyl (C=O) groups excluding carboxylic acids is 1. The molecule has 0 aromatic heterocycles. The van der Waals surface area contributed by atoms with Crippen molar-refractivity contribution < 1.29 is 24.5 Å². The minimum absolute atomic E-state index is 0.0246. The van der Waals surface area contributed by atoms with E-state index in [0.29, 0.717) is 0 Å². The van der Waals surface area contributed by atoms with Gasteiger partial charge >= 0.3 is 17.7 Å². The van der Waals surface area contributed by atoms with Crippen LogP contribution < -0.4 is 0 Å². The Balaban J connectivity index is 4.35. The maximum atomic E-state index is 10.7. The van der Waals surface area contributed by atoms with Crippen molar-refractivity contribution in [1.82, 2.24) is 0 Å². The van der Waals surface area contributed by atoms with Crippen LogP contribution in [0.3, 0.4) is 0 Å². The van der Waals surface area contributed by atoms with E-state index >= 15 is 0 Å². The van der Waals surface area contributed by atoms with Gasteiger partial charge in [-0.05, 0) is 6.92 Å². The predicted octanol–water partition coefficient (Wildman–Crippen LogP) is -0.101. The quantitative estimate of drug-likeness (QED) is 0.354. The molecule has 0 aliphatic heterocycles. The number of rotatable bonds is 3. The third-order valence-electron chi connectivity index (χ3n) is 1.04. The van der Waals surface area contributed by atoms with Gasteiger partial charge < -0.3 is 14.9 Å². The zero-order valence-corrected chi connectivity index (χ0v) is 6.83. The fourth-order valence-corrected chi connectivity index (χ4v) is 0.311. The number of carboxylic acids is 1. The first-order valence-corrected chi connectivity index (χ1v) is 3.12. The molecule has 0 bridgehead atoms. The SMILES string of the molecule is C=C(C)C(=O)OC(C)(O)C(=O)O. The Bertz CT molecular complexity index is 228. The molecule has 0 radical (unpaired) electrons. The smallest absolute Gasteiger partial charge is 0.376 e. The average Bonchev–Trinajstić information content (AvgIpc) is 1.85. The molecular weight excluding hydrogens is 164 g/mol. The summed E-state index contributed by atoms with van der Waals surface area (Å²) >= 11 is 0. The van der Waals surface area contributed by atoms with Crippen LogP contribution in [0.15, 0.2) is 12.2 Å². The molecule has 0 saturated heterocycles. The first-order valence-electron chi connectivity index (χ1n) is 3.12. The molecule has 0 spiro atoms. The van der Waals surface area contributed by atoms with Gasteiger partial charge in [-0.15, -0.1) is 0 Å². The second kappa shape index (κ2) is 3.36. The lowest BCUT2D eigenvalue weighted by Gasteiger charge is -2.17. The van der Waals surface area contributed by atoms with Crippen LogP contribution in [0.4, 0.5) is 0 Å². The highest BCUT2D eigenvalue weighted by Gasteiger charge is 2.34. The summed E-state index contributed by atoms with van der Waals surface area (Å²) in [6.07, 6.45) is 0. The van der Waals surface area contributed by atoms with Crippen molar-refractivity contribution in [3.8, 4) is 0 Å². The van der Waals surface area contributed by atoms with E-state index in [9.17, 15) is 9.59 Å². The minimum atomic E-state index is -2.49. The highest BCUT2D eigenvalue weighted by atomic mass is 16.7. The number of carboxylic acid groups (broad SMARTS) is 1. The summed E-state index contributed by atoms with van der Waals surface area (Å²) in [5, 5.41) is 17.2. The van der Waals surface area contributed by atoms with E-state index in [0.717, 1.165) is 6.92 Å². The average molecular weight is 174 g/mol. The molecule has 5 nitrogen and oxygen atoms in total. The van der Waals surface area contributed by atoms with Crippen molar-refractivity contribution >= 4 is 11.9 Å². The van der Waals surface area contributed by atoms with Crippen LogP contribution in [0.1, 0.15) is 13.8 Å². The third kappa shape index (κ3) is 2.71. The molecular formula is C7H10O5. The number of esters is 1. The van der Waals surface area contributed by atoms with Gasteiger partial charge in [0, 0.05) is 12.5 Å². The molecule has 0 heterocycles. The van der Waals surface area contributed by atoms with E-state index in [1.165, 1.54) is 6.92 Å². The van der Waals surface area contributed by atoms with Gasteiger partial charge in [0.15, 0.2) is 0 Å². The van der Waals surface area contributed by atoms with Crippen LogP contribution in [-0.4, -0.2) is 27.9 Å². The molecule has 0 aliphatic carbocycles. The van der Waals surface area contributed by atoms with Gasteiger partial charge in [0.25, 0.3) is 0 Å². The van der Waals surface area contributed by atoms with Crippen LogP contribution in [0.5, 0.6) is 0 Å². The number of aliphatic hydroxyl groups is 1. The van der Waals surface area contributed by atoms with Gasteiger partial charge in [-0.2, -0.15) is 0 Å². The number of hydrogen-bond acceptors (Lipinski definition) is 4. The fraction of sp³-hybridized carbons (Fsp3) is 0.429. The Morgan fingerprint density at radius 1 is 1.50 bits per heavy atom. The van der Waals surface area contributed by atoms with Crippen molar-refractivity contribution in [3.63, 3.8) is 0 Å². The third-order valence-corrected chi connectivity index (χ3v) is 1.04. The van der Waals surface area contributed by atoms with Crippen molar-refractivity contribution in [2.24, 2.45) is 0 Å². The lowest BCUT2D eigenvalue weighted by atomic mass is 10.3. The molecule has 0 aromatic rings. The zero-order chi connectivity index (χ0) is 9.94. The number of ether oxygens (including phenoxy) is 1. The fourth-order valence-electron chi connectivity index (χ4n) is 0.311. The van der Waals surface area contributed by atoms with E-state index in [1.54, 1.807) is 0 Å². The first-order chi connectivity index (χ1) is 5.27. The van der Waals surface area contributed by atoms with Crippen molar-refractivity contribution in [2.45, 2.75) is 19.6 Å². The number of carbonyl (C=O) groups is 2. The minimum Gasteiger partial charge on any atom is -0.476 e. The van der Waals surface area contributed by atoms with Gasteiger partial charge in [-0.3, -0.25) is 0 Å². The Kier molecular flexibility index (Phi) is 2.98. The molecule has 12 heavy (non-hydrogen) atoms. The largest absolute Gasteiger partial charge is 0.476 e. The molecule has 1 unspecified atom stereocenters. The van der Waals surface area contributed by atoms with Gasteiger partial charge in [0.05, 0.1) is 0 Å². The number of hydrogen-bond donors (Lipinski definition) is 2. The first kappa shape index (κ1) is 10.6. The molecule has 2 N–H and O–H groups in total. The summed E-state index contributed by atoms with van der Waals surface area (Å²) in [6, 6.07) is 0. The normalized spacial score (nSPS) is 14.6. The molecule has 0 aromatic carbocycles. The van der Waals surface area contributed by atoms with Crippen molar-refractivity contribution in [3.05, 3.63) is 12.2 Å². The molecule has 5 heteroatoms. The van der Waals surface area contributed by atoms with Crippen molar-refractivity contribution in [2.75, 3.05) is 0 Å². The van der Waals surface area contributed by atoms with E-state index in [4.69, 9.17) is 10.2 Å². The summed E-state index contributed by atoms with van der Waals surface area (Å²) in [7, 11) is 0. The van der Waals surface area contributed by atoms with Gasteiger partial charge in [-0.1, -0.05) is 6.58 Å². The molecule has 0 amide bonds. The number of aliphatic carboxylic acids is 1. The van der Waals surface area contributed by atoms with Crippen LogP contribution in [-0.2, 0) is 14.3 Å². The van der Waals surface area contributed by atoms with Crippen molar-refractivity contribution in [1.29, 1.82) is 0 Å². The standard InChI is InChI=1S/C7H10O5/c1-4(2)5(8)12-7(3,11)6(9)10/h11H,1H2,2-3H3,(H,9,10). The zero-order valence-electron chi connectivity index (χ0n) is 6.83. The molecule has 68 valence electrons.